The molecule has 0 aliphatic carbocycles. The van der Waals surface area contributed by atoms with Gasteiger partial charge in [-0.05, 0) is 46.4 Å². The molecule has 17 heavy (non-hydrogen) atoms. The fourth-order valence-corrected chi connectivity index (χ4v) is 2.41. The highest BCUT2D eigenvalue weighted by atomic mass is 127. The lowest BCUT2D eigenvalue weighted by atomic mass is 10.1. The highest BCUT2D eigenvalue weighted by Gasteiger charge is 2.30. The fourth-order valence-electron chi connectivity index (χ4n) is 1.85. The number of anilines is 1. The monoisotopic (exact) mass is 369 g/mol. The highest BCUT2D eigenvalue weighted by Crippen LogP contribution is 2.29. The van der Waals surface area contributed by atoms with Gasteiger partial charge in [0.25, 0.3) is 0 Å². The summed E-state index contributed by atoms with van der Waals surface area (Å²) in [6.45, 7) is 0.474. The van der Waals surface area contributed by atoms with Crippen molar-refractivity contribution in [2.75, 3.05) is 17.2 Å². The van der Waals surface area contributed by atoms with Crippen molar-refractivity contribution in [1.82, 2.24) is 0 Å². The van der Waals surface area contributed by atoms with Crippen LogP contribution in [-0.2, 0) is 4.79 Å². The third-order valence-corrected chi connectivity index (χ3v) is 4.29. The van der Waals surface area contributed by atoms with Gasteiger partial charge in [-0.25, -0.2) is 8.78 Å². The molecule has 0 radical (unpaired) electrons. The second-order valence-electron chi connectivity index (χ2n) is 3.98. The van der Waals surface area contributed by atoms with E-state index in [9.17, 15) is 13.6 Å². The van der Waals surface area contributed by atoms with Crippen LogP contribution >= 0.6 is 35.2 Å². The van der Waals surface area contributed by atoms with Crippen molar-refractivity contribution in [1.29, 1.82) is 0 Å². The minimum absolute atomic E-state index is 0.0521. The van der Waals surface area contributed by atoms with Gasteiger partial charge in [0.1, 0.15) is 11.6 Å². The summed E-state index contributed by atoms with van der Waals surface area (Å²) in [5, 5.41) is 0. The Labute approximate surface area is 117 Å². The quantitative estimate of drug-likeness (QED) is 0.483. The lowest BCUT2D eigenvalue weighted by Crippen LogP contribution is -2.25. The average molecular weight is 369 g/mol. The van der Waals surface area contributed by atoms with E-state index in [0.717, 1.165) is 0 Å². The number of hydrogen-bond donors (Lipinski definition) is 1. The van der Waals surface area contributed by atoms with Crippen molar-refractivity contribution in [2.45, 2.75) is 6.42 Å². The molecule has 1 amide bonds. The number of rotatable bonds is 2. The summed E-state index contributed by atoms with van der Waals surface area (Å²) < 4.78 is 26.7. The first-order valence-corrected chi connectivity index (χ1v) is 6.79. The Kier molecular flexibility index (Phi) is 3.92. The maximum absolute atomic E-state index is 13.4. The number of benzene rings is 1. The summed E-state index contributed by atoms with van der Waals surface area (Å²) in [6.07, 6.45) is 0.388. The van der Waals surface area contributed by atoms with Crippen molar-refractivity contribution < 1.29 is 13.6 Å². The second-order valence-corrected chi connectivity index (χ2v) is 5.42. The van der Waals surface area contributed by atoms with E-state index in [1.807, 2.05) is 0 Å². The van der Waals surface area contributed by atoms with Gasteiger partial charge < -0.3 is 4.90 Å². The molecular weight excluding hydrogens is 359 g/mol. The first-order chi connectivity index (χ1) is 8.02. The maximum atomic E-state index is 13.4. The Bertz CT molecular complexity index is 446. The third-order valence-electron chi connectivity index (χ3n) is 2.74. The second kappa shape index (κ2) is 5.09. The summed E-state index contributed by atoms with van der Waals surface area (Å²) >= 11 is 5.74. The van der Waals surface area contributed by atoms with Gasteiger partial charge in [0.15, 0.2) is 0 Å². The molecule has 1 aromatic rings. The zero-order valence-corrected chi connectivity index (χ0v) is 11.8. The van der Waals surface area contributed by atoms with Gasteiger partial charge >= 0.3 is 0 Å². The average Bonchev–Trinajstić information content (AvgIpc) is 2.67. The highest BCUT2D eigenvalue weighted by molar-refractivity contribution is 14.1. The number of hydrogen-bond acceptors (Lipinski definition) is 2. The lowest BCUT2D eigenvalue weighted by molar-refractivity contribution is -0.117. The molecule has 6 heteroatoms. The standard InChI is InChI=1S/C11H10F2INOS/c12-8-2-7(3-9(13)11(8)14)15-4-6(5-17)1-10(15)16/h2-3,6,17H,1,4-5H2. The summed E-state index contributed by atoms with van der Waals surface area (Å²) in [5.41, 5.74) is 0.287. The van der Waals surface area contributed by atoms with Gasteiger partial charge in [0.2, 0.25) is 5.91 Å². The molecule has 0 saturated carbocycles. The first kappa shape index (κ1) is 13.1. The predicted molar refractivity (Wildman–Crippen MR) is 73.4 cm³/mol. The fraction of sp³-hybridized carbons (Fsp3) is 0.364. The van der Waals surface area contributed by atoms with Gasteiger partial charge in [-0.1, -0.05) is 0 Å². The van der Waals surface area contributed by atoms with Crippen molar-refractivity contribution in [3.63, 3.8) is 0 Å². The van der Waals surface area contributed by atoms with Crippen LogP contribution in [-0.4, -0.2) is 18.2 Å². The van der Waals surface area contributed by atoms with Crippen LogP contribution in [0.25, 0.3) is 0 Å². The van der Waals surface area contributed by atoms with E-state index in [1.54, 1.807) is 22.6 Å². The Morgan fingerprint density at radius 2 is 2.00 bits per heavy atom. The van der Waals surface area contributed by atoms with Crippen LogP contribution in [0.1, 0.15) is 6.42 Å². The molecule has 92 valence electrons. The van der Waals surface area contributed by atoms with Crippen molar-refractivity contribution in [3.05, 3.63) is 27.3 Å². The van der Waals surface area contributed by atoms with E-state index < -0.39 is 11.6 Å². The summed E-state index contributed by atoms with van der Waals surface area (Å²) in [6, 6.07) is 2.40. The third kappa shape index (κ3) is 2.57. The van der Waals surface area contributed by atoms with E-state index in [2.05, 4.69) is 12.6 Å². The number of carbonyl (C=O) groups is 1. The first-order valence-electron chi connectivity index (χ1n) is 5.08. The maximum Gasteiger partial charge on any atom is 0.227 e. The van der Waals surface area contributed by atoms with Crippen LogP contribution in [0.4, 0.5) is 14.5 Å². The Morgan fingerprint density at radius 1 is 1.41 bits per heavy atom. The van der Waals surface area contributed by atoms with Gasteiger partial charge in [0.05, 0.1) is 3.57 Å². The minimum atomic E-state index is -0.636. The molecule has 1 aliphatic rings. The van der Waals surface area contributed by atoms with Crippen LogP contribution < -0.4 is 4.90 Å². The van der Waals surface area contributed by atoms with Crippen molar-refractivity contribution >= 4 is 46.8 Å². The molecule has 1 fully saturated rings. The zero-order valence-electron chi connectivity index (χ0n) is 8.79. The summed E-state index contributed by atoms with van der Waals surface area (Å²) in [4.78, 5) is 13.1. The molecule has 1 atom stereocenters. The van der Waals surface area contributed by atoms with Crippen LogP contribution in [0.15, 0.2) is 12.1 Å². The molecule has 1 aliphatic heterocycles. The van der Waals surface area contributed by atoms with Crippen molar-refractivity contribution in [2.24, 2.45) is 5.92 Å². The molecule has 1 unspecified atom stereocenters. The van der Waals surface area contributed by atoms with Gasteiger partial charge in [0, 0.05) is 18.7 Å². The Balaban J connectivity index is 2.32. The molecule has 1 saturated heterocycles. The smallest absolute Gasteiger partial charge is 0.227 e. The van der Waals surface area contributed by atoms with Gasteiger partial charge in [-0.2, -0.15) is 12.6 Å². The molecule has 0 bridgehead atoms. The van der Waals surface area contributed by atoms with Crippen LogP contribution in [0, 0.1) is 21.1 Å². The van der Waals surface area contributed by atoms with Gasteiger partial charge in [-0.3, -0.25) is 4.79 Å². The van der Waals surface area contributed by atoms with Gasteiger partial charge in [-0.15, -0.1) is 0 Å². The van der Waals surface area contributed by atoms with Crippen molar-refractivity contribution in [3.8, 4) is 0 Å². The lowest BCUT2D eigenvalue weighted by Gasteiger charge is -2.17. The summed E-state index contributed by atoms with van der Waals surface area (Å²) in [7, 11) is 0. The molecule has 0 N–H and O–H groups in total. The number of amides is 1. The molecule has 0 aromatic heterocycles. The molecule has 2 rings (SSSR count). The number of halogens is 3. The summed E-state index contributed by atoms with van der Waals surface area (Å²) in [5.74, 6) is -0.636. The van der Waals surface area contributed by atoms with E-state index >= 15 is 0 Å². The molecule has 0 spiro atoms. The molecule has 1 aromatic carbocycles. The largest absolute Gasteiger partial charge is 0.312 e. The van der Waals surface area contributed by atoms with Crippen LogP contribution in [0.2, 0.25) is 0 Å². The van der Waals surface area contributed by atoms with Crippen LogP contribution in [0.3, 0.4) is 0 Å². The van der Waals surface area contributed by atoms with E-state index in [4.69, 9.17) is 0 Å². The van der Waals surface area contributed by atoms with E-state index in [1.165, 1.54) is 17.0 Å². The normalized spacial score (nSPS) is 20.1. The Hall–Kier alpha value is -0.370. The predicted octanol–water partition coefficient (Wildman–Crippen LogP) is 2.85. The topological polar surface area (TPSA) is 20.3 Å². The minimum Gasteiger partial charge on any atom is -0.312 e. The van der Waals surface area contributed by atoms with Crippen LogP contribution in [0.5, 0.6) is 0 Å². The number of thiol groups is 1. The zero-order chi connectivity index (χ0) is 12.6. The SMILES string of the molecule is O=C1CC(CS)CN1c1cc(F)c(I)c(F)c1. The van der Waals surface area contributed by atoms with E-state index in [0.29, 0.717) is 18.7 Å². The Morgan fingerprint density at radius 3 is 2.47 bits per heavy atom. The number of carbonyl (C=O) groups excluding carboxylic acids is 1. The molecular formula is C11H10F2INOS. The number of nitrogens with zero attached hydrogens (tertiary/aromatic N) is 1. The molecule has 2 nitrogen and oxygen atoms in total. The molecule has 1 heterocycles. The van der Waals surface area contributed by atoms with E-state index in [-0.39, 0.29) is 21.1 Å².